The number of rotatable bonds is 2. The molecule has 0 fully saturated rings. The fraction of sp³-hybridized carbons (Fsp3) is 0.571. The predicted octanol–water partition coefficient (Wildman–Crippen LogP) is -1.75. The standard InChI is InChI=1S/C14H21NO2.ClH/c1-4-17-12-7-9-5-6-10(16)8-11(9)14(2,3)13(12)15;/h5-6,8,12-13,16H,4,7,15H2,1-3H3;1H. The Morgan fingerprint density at radius 2 is 2.11 bits per heavy atom. The number of phenolic OH excluding ortho intramolecular Hbond substituents is 1. The summed E-state index contributed by atoms with van der Waals surface area (Å²) in [6.45, 7) is 7.09. The first-order chi connectivity index (χ1) is 7.96. The topological polar surface area (TPSA) is 57.1 Å². The van der Waals surface area contributed by atoms with Crippen molar-refractivity contribution in [3.8, 4) is 5.75 Å². The number of halogens is 1. The minimum atomic E-state index is -0.0633. The molecule has 1 aromatic carbocycles. The van der Waals surface area contributed by atoms with Gasteiger partial charge < -0.3 is 28.0 Å². The van der Waals surface area contributed by atoms with E-state index in [1.807, 2.05) is 19.1 Å². The third-order valence-corrected chi connectivity index (χ3v) is 3.97. The van der Waals surface area contributed by atoms with Crippen LogP contribution in [0.2, 0.25) is 0 Å². The summed E-state index contributed by atoms with van der Waals surface area (Å²) >= 11 is 0. The minimum absolute atomic E-state index is 0. The van der Waals surface area contributed by atoms with Crippen LogP contribution in [0.3, 0.4) is 0 Å². The number of hydrogen-bond donors (Lipinski definition) is 2. The highest BCUT2D eigenvalue weighted by molar-refractivity contribution is 5.43. The Balaban J connectivity index is 0.00000162. The molecule has 4 heteroatoms. The number of ether oxygens (including phenoxy) is 1. The monoisotopic (exact) mass is 271 g/mol. The van der Waals surface area contributed by atoms with Crippen LogP contribution in [0.25, 0.3) is 0 Å². The number of benzene rings is 1. The summed E-state index contributed by atoms with van der Waals surface area (Å²) < 4.78 is 5.79. The Hall–Kier alpha value is -0.770. The molecule has 102 valence electrons. The largest absolute Gasteiger partial charge is 1.00 e. The van der Waals surface area contributed by atoms with Crippen LogP contribution in [0.4, 0.5) is 0 Å². The van der Waals surface area contributed by atoms with Crippen molar-refractivity contribution in [2.45, 2.75) is 44.8 Å². The van der Waals surface area contributed by atoms with Gasteiger partial charge in [0.25, 0.3) is 0 Å². The van der Waals surface area contributed by atoms with Gasteiger partial charge in [0.05, 0.1) is 0 Å². The van der Waals surface area contributed by atoms with Gasteiger partial charge in [-0.2, -0.15) is 0 Å². The van der Waals surface area contributed by atoms with Crippen molar-refractivity contribution in [2.75, 3.05) is 6.61 Å². The molecule has 1 aliphatic carbocycles. The van der Waals surface area contributed by atoms with E-state index >= 15 is 0 Å². The van der Waals surface area contributed by atoms with Gasteiger partial charge in [0.15, 0.2) is 0 Å². The van der Waals surface area contributed by atoms with Crippen molar-refractivity contribution < 1.29 is 28.0 Å². The van der Waals surface area contributed by atoms with Crippen LogP contribution in [0.1, 0.15) is 31.9 Å². The minimum Gasteiger partial charge on any atom is -1.00 e. The van der Waals surface area contributed by atoms with Gasteiger partial charge in [0.1, 0.15) is 17.9 Å². The summed E-state index contributed by atoms with van der Waals surface area (Å²) in [5.74, 6) is 0.332. The second-order valence-corrected chi connectivity index (χ2v) is 5.37. The maximum atomic E-state index is 9.62. The van der Waals surface area contributed by atoms with Gasteiger partial charge in [-0.05, 0) is 44.0 Å². The first-order valence-corrected chi connectivity index (χ1v) is 6.24. The number of hydrogen-bond acceptors (Lipinski definition) is 2. The first kappa shape index (κ1) is 15.3. The Bertz CT molecular complexity index is 420. The van der Waals surface area contributed by atoms with Crippen molar-refractivity contribution in [3.63, 3.8) is 0 Å². The second kappa shape index (κ2) is 5.47. The molecule has 1 aliphatic rings. The molecule has 0 saturated heterocycles. The lowest BCUT2D eigenvalue weighted by Gasteiger charge is -2.40. The molecule has 0 heterocycles. The van der Waals surface area contributed by atoms with Crippen LogP contribution in [0.15, 0.2) is 18.2 Å². The van der Waals surface area contributed by atoms with Crippen molar-refractivity contribution in [1.29, 1.82) is 0 Å². The Kier molecular flexibility index (Phi) is 4.65. The molecule has 0 spiro atoms. The Labute approximate surface area is 115 Å². The van der Waals surface area contributed by atoms with Gasteiger partial charge in [0.2, 0.25) is 0 Å². The third-order valence-electron chi connectivity index (χ3n) is 3.97. The van der Waals surface area contributed by atoms with Gasteiger partial charge in [-0.15, -0.1) is 0 Å². The molecule has 18 heavy (non-hydrogen) atoms. The summed E-state index contributed by atoms with van der Waals surface area (Å²) in [4.78, 5) is 0. The van der Waals surface area contributed by atoms with Crippen molar-refractivity contribution in [1.82, 2.24) is 0 Å². The van der Waals surface area contributed by atoms with E-state index in [2.05, 4.69) is 19.6 Å². The molecule has 1 aromatic rings. The second-order valence-electron chi connectivity index (χ2n) is 5.37. The predicted molar refractivity (Wildman–Crippen MR) is 66.9 cm³/mol. The summed E-state index contributed by atoms with van der Waals surface area (Å²) in [6, 6.07) is 5.83. The van der Waals surface area contributed by atoms with E-state index in [9.17, 15) is 5.11 Å². The number of quaternary nitrogens is 1. The molecule has 0 aromatic heterocycles. The fourth-order valence-electron chi connectivity index (χ4n) is 2.75. The van der Waals surface area contributed by atoms with Crippen LogP contribution >= 0.6 is 0 Å². The fourth-order valence-corrected chi connectivity index (χ4v) is 2.75. The van der Waals surface area contributed by atoms with E-state index in [1.54, 1.807) is 6.07 Å². The lowest BCUT2D eigenvalue weighted by Crippen LogP contribution is -3.00. The molecular formula is C14H22ClNO2. The van der Waals surface area contributed by atoms with E-state index in [0.717, 1.165) is 13.0 Å². The van der Waals surface area contributed by atoms with Gasteiger partial charge in [0, 0.05) is 18.4 Å². The third kappa shape index (κ3) is 2.48. The highest BCUT2D eigenvalue weighted by Gasteiger charge is 2.43. The maximum Gasteiger partial charge on any atom is 0.120 e. The molecule has 0 amide bonds. The first-order valence-electron chi connectivity index (χ1n) is 6.24. The van der Waals surface area contributed by atoms with E-state index in [1.165, 1.54) is 11.1 Å². The molecule has 4 N–H and O–H groups in total. The normalized spacial score (nSPS) is 25.1. The zero-order valence-electron chi connectivity index (χ0n) is 11.2. The van der Waals surface area contributed by atoms with Crippen LogP contribution in [-0.2, 0) is 16.6 Å². The molecular weight excluding hydrogens is 250 g/mol. The SMILES string of the molecule is CCOC1Cc2ccc(O)cc2C(C)(C)C1[NH3+].[Cl-]. The highest BCUT2D eigenvalue weighted by Crippen LogP contribution is 2.38. The van der Waals surface area contributed by atoms with E-state index in [-0.39, 0.29) is 30.0 Å². The summed E-state index contributed by atoms with van der Waals surface area (Å²) in [6.07, 6.45) is 1.06. The number of phenols is 1. The molecule has 2 rings (SSSR count). The van der Waals surface area contributed by atoms with Crippen molar-refractivity contribution in [3.05, 3.63) is 29.3 Å². The van der Waals surface area contributed by atoms with Crippen LogP contribution in [-0.4, -0.2) is 23.9 Å². The molecule has 0 bridgehead atoms. The Morgan fingerprint density at radius 1 is 1.44 bits per heavy atom. The average molecular weight is 272 g/mol. The van der Waals surface area contributed by atoms with Crippen LogP contribution < -0.4 is 18.1 Å². The summed E-state index contributed by atoms with van der Waals surface area (Å²) in [7, 11) is 0. The number of aromatic hydroxyl groups is 1. The molecule has 0 radical (unpaired) electrons. The van der Waals surface area contributed by atoms with Gasteiger partial charge in [-0.3, -0.25) is 0 Å². The van der Waals surface area contributed by atoms with Crippen LogP contribution in [0, 0.1) is 0 Å². The molecule has 3 nitrogen and oxygen atoms in total. The lowest BCUT2D eigenvalue weighted by atomic mass is 9.68. The lowest BCUT2D eigenvalue weighted by molar-refractivity contribution is -0.456. The van der Waals surface area contributed by atoms with Gasteiger partial charge in [-0.1, -0.05) is 6.07 Å². The van der Waals surface area contributed by atoms with Gasteiger partial charge >= 0.3 is 0 Å². The summed E-state index contributed by atoms with van der Waals surface area (Å²) in [5, 5.41) is 9.62. The summed E-state index contributed by atoms with van der Waals surface area (Å²) in [5.41, 5.74) is 6.68. The van der Waals surface area contributed by atoms with E-state index in [4.69, 9.17) is 4.74 Å². The molecule has 0 aliphatic heterocycles. The molecule has 2 atom stereocenters. The van der Waals surface area contributed by atoms with Crippen LogP contribution in [0.5, 0.6) is 5.75 Å². The maximum absolute atomic E-state index is 9.62. The smallest absolute Gasteiger partial charge is 0.120 e. The molecule has 2 unspecified atom stereocenters. The number of fused-ring (bicyclic) bond motifs is 1. The van der Waals surface area contributed by atoms with E-state index < -0.39 is 0 Å². The van der Waals surface area contributed by atoms with Crippen molar-refractivity contribution >= 4 is 0 Å². The average Bonchev–Trinajstić information content (AvgIpc) is 2.28. The molecule has 0 saturated carbocycles. The van der Waals surface area contributed by atoms with E-state index in [0.29, 0.717) is 5.75 Å². The zero-order chi connectivity index (χ0) is 12.6. The highest BCUT2D eigenvalue weighted by atomic mass is 35.5. The van der Waals surface area contributed by atoms with Gasteiger partial charge in [-0.25, -0.2) is 0 Å². The quantitative estimate of drug-likeness (QED) is 0.670. The Morgan fingerprint density at radius 3 is 2.72 bits per heavy atom. The zero-order valence-corrected chi connectivity index (χ0v) is 12.0. The van der Waals surface area contributed by atoms with Crippen molar-refractivity contribution in [2.24, 2.45) is 0 Å².